The number of halogens is 1. The maximum atomic E-state index is 13.2. The molecule has 1 aromatic heterocycles. The highest BCUT2D eigenvalue weighted by molar-refractivity contribution is 7.11. The number of nitrogens with one attached hydrogen (secondary N) is 2. The molecule has 1 heterocycles. The fourth-order valence-corrected chi connectivity index (χ4v) is 3.79. The summed E-state index contributed by atoms with van der Waals surface area (Å²) in [5, 5.41) is 7.34. The van der Waals surface area contributed by atoms with Crippen molar-refractivity contribution >= 4 is 46.5 Å². The summed E-state index contributed by atoms with van der Waals surface area (Å²) in [5.41, 5.74) is 1.57. The number of ether oxygens (including phenoxy) is 1. The van der Waals surface area contributed by atoms with E-state index >= 15 is 0 Å². The van der Waals surface area contributed by atoms with Crippen molar-refractivity contribution in [3.05, 3.63) is 87.9 Å². The summed E-state index contributed by atoms with van der Waals surface area (Å²) in [6, 6.07) is 16.1. The minimum absolute atomic E-state index is 0.186. The summed E-state index contributed by atoms with van der Waals surface area (Å²) in [6.07, 6.45) is 3.49. The first-order valence-corrected chi connectivity index (χ1v) is 11.3. The summed E-state index contributed by atoms with van der Waals surface area (Å²) in [6.45, 7) is -0.524. The molecule has 0 atom stereocenters. The van der Waals surface area contributed by atoms with Gasteiger partial charge in [-0.15, -0.1) is 11.3 Å². The van der Waals surface area contributed by atoms with Crippen molar-refractivity contribution in [3.8, 4) is 0 Å². The van der Waals surface area contributed by atoms with E-state index in [2.05, 4.69) is 10.6 Å². The molecule has 2 amide bonds. The van der Waals surface area contributed by atoms with Crippen LogP contribution in [0.1, 0.15) is 33.6 Å². The number of benzene rings is 2. The largest absolute Gasteiger partial charge is 0.452 e. The van der Waals surface area contributed by atoms with Crippen LogP contribution in [0.2, 0.25) is 0 Å². The van der Waals surface area contributed by atoms with Crippen molar-refractivity contribution in [2.75, 3.05) is 11.9 Å². The second-order valence-corrected chi connectivity index (χ2v) is 8.45. The van der Waals surface area contributed by atoms with E-state index in [0.717, 1.165) is 12.8 Å². The van der Waals surface area contributed by atoms with Gasteiger partial charge in [-0.05, 0) is 60.2 Å². The molecule has 0 radical (unpaired) electrons. The van der Waals surface area contributed by atoms with Crippen LogP contribution >= 0.6 is 11.3 Å². The van der Waals surface area contributed by atoms with Crippen molar-refractivity contribution in [2.24, 2.45) is 0 Å². The van der Waals surface area contributed by atoms with Gasteiger partial charge in [0.15, 0.2) is 6.61 Å². The molecule has 1 fully saturated rings. The summed E-state index contributed by atoms with van der Waals surface area (Å²) in [7, 11) is 0. The molecule has 0 aliphatic heterocycles. The summed E-state index contributed by atoms with van der Waals surface area (Å²) in [5.74, 6) is -1.89. The maximum Gasteiger partial charge on any atom is 0.340 e. The molecular formula is C25H21FN2O4S. The average molecular weight is 465 g/mol. The molecule has 1 saturated carbocycles. The molecule has 4 rings (SSSR count). The Morgan fingerprint density at radius 3 is 2.48 bits per heavy atom. The van der Waals surface area contributed by atoms with Gasteiger partial charge in [0, 0.05) is 10.9 Å². The molecule has 8 heteroatoms. The van der Waals surface area contributed by atoms with Gasteiger partial charge in [-0.1, -0.05) is 30.3 Å². The zero-order chi connectivity index (χ0) is 23.2. The van der Waals surface area contributed by atoms with E-state index in [4.69, 9.17) is 4.74 Å². The van der Waals surface area contributed by atoms with Gasteiger partial charge in [-0.3, -0.25) is 9.59 Å². The highest BCUT2D eigenvalue weighted by Gasteiger charge is 2.25. The number of hydrogen-bond acceptors (Lipinski definition) is 5. The molecule has 0 unspecified atom stereocenters. The molecule has 0 bridgehead atoms. The van der Waals surface area contributed by atoms with Crippen LogP contribution in [0.3, 0.4) is 0 Å². The number of hydrogen-bond donors (Lipinski definition) is 2. The summed E-state index contributed by atoms with van der Waals surface area (Å²) < 4.78 is 18.5. The van der Waals surface area contributed by atoms with E-state index < -0.39 is 18.5 Å². The second-order valence-electron chi connectivity index (χ2n) is 7.50. The topological polar surface area (TPSA) is 84.5 Å². The van der Waals surface area contributed by atoms with Crippen molar-refractivity contribution in [3.63, 3.8) is 0 Å². The van der Waals surface area contributed by atoms with Crippen LogP contribution < -0.4 is 10.6 Å². The number of carbonyl (C=O) groups excluding carboxylic acids is 3. The van der Waals surface area contributed by atoms with Gasteiger partial charge in [0.05, 0.1) is 16.8 Å². The Morgan fingerprint density at radius 1 is 1.03 bits per heavy atom. The Hall–Kier alpha value is -3.78. The Bertz CT molecular complexity index is 1190. The number of rotatable bonds is 8. The molecule has 2 N–H and O–H groups in total. The molecule has 1 aliphatic carbocycles. The quantitative estimate of drug-likeness (QED) is 0.380. The van der Waals surface area contributed by atoms with Crippen LogP contribution in [0.25, 0.3) is 11.6 Å². The van der Waals surface area contributed by atoms with Gasteiger partial charge < -0.3 is 15.4 Å². The third-order valence-corrected chi connectivity index (χ3v) is 5.78. The average Bonchev–Trinajstić information content (AvgIpc) is 3.46. The lowest BCUT2D eigenvalue weighted by Gasteiger charge is -2.12. The molecule has 3 aromatic rings. The summed E-state index contributed by atoms with van der Waals surface area (Å²) in [4.78, 5) is 38.3. The Labute approximate surface area is 194 Å². The van der Waals surface area contributed by atoms with E-state index in [1.165, 1.54) is 23.5 Å². The highest BCUT2D eigenvalue weighted by Crippen LogP contribution is 2.25. The van der Waals surface area contributed by atoms with E-state index in [1.807, 2.05) is 5.38 Å². The number of anilines is 1. The number of thiophene rings is 1. The molecular weight excluding hydrogens is 443 g/mol. The van der Waals surface area contributed by atoms with Crippen LogP contribution in [-0.2, 0) is 14.3 Å². The van der Waals surface area contributed by atoms with Crippen molar-refractivity contribution in [1.82, 2.24) is 5.32 Å². The van der Waals surface area contributed by atoms with E-state index in [9.17, 15) is 18.8 Å². The van der Waals surface area contributed by atoms with Crippen molar-refractivity contribution < 1.29 is 23.5 Å². The second kappa shape index (κ2) is 10.2. The minimum atomic E-state index is -0.684. The lowest BCUT2D eigenvalue weighted by Crippen LogP contribution is -2.28. The van der Waals surface area contributed by atoms with Gasteiger partial charge >= 0.3 is 5.97 Å². The Morgan fingerprint density at radius 2 is 1.79 bits per heavy atom. The van der Waals surface area contributed by atoms with Gasteiger partial charge in [-0.25, -0.2) is 9.18 Å². The number of carbonyl (C=O) groups is 3. The monoisotopic (exact) mass is 464 g/mol. The van der Waals surface area contributed by atoms with E-state index in [1.54, 1.807) is 54.6 Å². The smallest absolute Gasteiger partial charge is 0.340 e. The standard InChI is InChI=1S/C25H21FN2O4S/c26-17-9-7-16(8-10-17)14-20(22-6-3-13-33-22)25(31)32-15-23(29)28-21-5-2-1-4-19(21)24(30)27-18-11-12-18/h1-10,13-14,18H,11-12,15H2,(H,27,30)(H,28,29). The first-order valence-electron chi connectivity index (χ1n) is 10.4. The first-order chi connectivity index (χ1) is 16.0. The van der Waals surface area contributed by atoms with Crippen molar-refractivity contribution in [1.29, 1.82) is 0 Å². The molecule has 0 saturated heterocycles. The predicted octanol–water partition coefficient (Wildman–Crippen LogP) is 4.50. The zero-order valence-electron chi connectivity index (χ0n) is 17.5. The minimum Gasteiger partial charge on any atom is -0.452 e. The number of esters is 1. The maximum absolute atomic E-state index is 13.2. The molecule has 6 nitrogen and oxygen atoms in total. The van der Waals surface area contributed by atoms with Crippen molar-refractivity contribution in [2.45, 2.75) is 18.9 Å². The third-order valence-electron chi connectivity index (χ3n) is 4.88. The van der Waals surface area contributed by atoms with Crippen LogP contribution in [0.4, 0.5) is 10.1 Å². The van der Waals surface area contributed by atoms with Gasteiger partial charge in [0.25, 0.3) is 11.8 Å². The highest BCUT2D eigenvalue weighted by atomic mass is 32.1. The van der Waals surface area contributed by atoms with Crippen LogP contribution in [0, 0.1) is 5.82 Å². The lowest BCUT2D eigenvalue weighted by atomic mass is 10.1. The Balaban J connectivity index is 1.42. The fourth-order valence-electron chi connectivity index (χ4n) is 3.06. The van der Waals surface area contributed by atoms with E-state index in [0.29, 0.717) is 21.7 Å². The molecule has 33 heavy (non-hydrogen) atoms. The zero-order valence-corrected chi connectivity index (χ0v) is 18.4. The SMILES string of the molecule is O=C(COC(=O)C(=Cc1ccc(F)cc1)c1cccs1)Nc1ccccc1C(=O)NC1CC1. The molecule has 0 spiro atoms. The van der Waals surface area contributed by atoms with Gasteiger partial charge in [-0.2, -0.15) is 0 Å². The summed E-state index contributed by atoms with van der Waals surface area (Å²) >= 11 is 1.35. The fraction of sp³-hybridized carbons (Fsp3) is 0.160. The predicted molar refractivity (Wildman–Crippen MR) is 125 cm³/mol. The van der Waals surface area contributed by atoms with Crippen LogP contribution in [0.15, 0.2) is 66.0 Å². The molecule has 2 aromatic carbocycles. The lowest BCUT2D eigenvalue weighted by molar-refractivity contribution is -0.141. The van der Waals surface area contributed by atoms with Crippen LogP contribution in [0.5, 0.6) is 0 Å². The number of para-hydroxylation sites is 1. The normalized spacial score (nSPS) is 13.3. The number of amides is 2. The van der Waals surface area contributed by atoms with E-state index in [-0.39, 0.29) is 23.3 Å². The Kier molecular flexibility index (Phi) is 6.95. The third kappa shape index (κ3) is 6.14. The van der Waals surface area contributed by atoms with Gasteiger partial charge in [0.1, 0.15) is 5.82 Å². The van der Waals surface area contributed by atoms with Crippen LogP contribution in [-0.4, -0.2) is 30.4 Å². The molecule has 168 valence electrons. The van der Waals surface area contributed by atoms with Gasteiger partial charge in [0.2, 0.25) is 0 Å². The first kappa shape index (κ1) is 22.4. The molecule has 1 aliphatic rings.